The first-order chi connectivity index (χ1) is 9.72. The van der Waals surface area contributed by atoms with Gasteiger partial charge in [-0.3, -0.25) is 0 Å². The maximum Gasteiger partial charge on any atom is 0.122 e. The third-order valence-corrected chi connectivity index (χ3v) is 4.50. The van der Waals surface area contributed by atoms with E-state index < -0.39 is 0 Å². The molecule has 0 aliphatic heterocycles. The van der Waals surface area contributed by atoms with Crippen molar-refractivity contribution >= 4 is 15.9 Å². The summed E-state index contributed by atoms with van der Waals surface area (Å²) in [4.78, 5) is 0. The number of allylic oxidation sites excluding steroid dienone is 1. The van der Waals surface area contributed by atoms with Crippen LogP contribution in [0.2, 0.25) is 0 Å². The van der Waals surface area contributed by atoms with Crippen LogP contribution in [0.4, 0.5) is 0 Å². The Morgan fingerprint density at radius 1 is 1.30 bits per heavy atom. The fourth-order valence-electron chi connectivity index (χ4n) is 2.85. The average molecular weight is 338 g/mol. The molecule has 1 N–H and O–H groups in total. The number of nitrogens with one attached hydrogen (secondary N) is 1. The highest BCUT2D eigenvalue weighted by Crippen LogP contribution is 2.27. The Morgan fingerprint density at radius 2 is 2.15 bits per heavy atom. The fraction of sp³-hybridized carbons (Fsp3) is 0.529. The van der Waals surface area contributed by atoms with E-state index in [4.69, 9.17) is 4.74 Å². The predicted molar refractivity (Wildman–Crippen MR) is 88.4 cm³/mol. The Labute approximate surface area is 130 Å². The molecular weight excluding hydrogens is 314 g/mol. The average Bonchev–Trinajstić information content (AvgIpc) is 2.48. The Morgan fingerprint density at radius 3 is 2.80 bits per heavy atom. The van der Waals surface area contributed by atoms with E-state index in [-0.39, 0.29) is 0 Å². The first kappa shape index (κ1) is 15.6. The van der Waals surface area contributed by atoms with Crippen molar-refractivity contribution < 1.29 is 4.74 Å². The van der Waals surface area contributed by atoms with Gasteiger partial charge in [0.2, 0.25) is 0 Å². The maximum atomic E-state index is 5.47. The van der Waals surface area contributed by atoms with Crippen molar-refractivity contribution in [2.24, 2.45) is 0 Å². The third-order valence-electron chi connectivity index (χ3n) is 4.01. The van der Waals surface area contributed by atoms with E-state index in [1.807, 2.05) is 12.1 Å². The van der Waals surface area contributed by atoms with Crippen molar-refractivity contribution in [1.29, 1.82) is 0 Å². The highest BCUT2D eigenvalue weighted by Gasteiger charge is 2.14. The van der Waals surface area contributed by atoms with E-state index in [0.717, 1.165) is 23.1 Å². The number of hydrogen-bond acceptors (Lipinski definition) is 2. The molecule has 1 atom stereocenters. The third kappa shape index (κ3) is 4.35. The van der Waals surface area contributed by atoms with Gasteiger partial charge in [-0.2, -0.15) is 0 Å². The topological polar surface area (TPSA) is 21.3 Å². The van der Waals surface area contributed by atoms with Gasteiger partial charge in [0.1, 0.15) is 5.75 Å². The highest BCUT2D eigenvalue weighted by molar-refractivity contribution is 9.10. The number of halogens is 1. The molecule has 2 rings (SSSR count). The SMILES string of the molecule is CNC(CC1=CCCCC1)Cc1cc(Br)ccc1OC. The van der Waals surface area contributed by atoms with E-state index in [2.05, 4.69) is 40.4 Å². The molecule has 3 heteroatoms. The van der Waals surface area contributed by atoms with Crippen molar-refractivity contribution in [2.45, 2.75) is 44.6 Å². The van der Waals surface area contributed by atoms with Crippen LogP contribution in [0.1, 0.15) is 37.7 Å². The van der Waals surface area contributed by atoms with Crippen LogP contribution >= 0.6 is 15.9 Å². The van der Waals surface area contributed by atoms with E-state index in [0.29, 0.717) is 6.04 Å². The van der Waals surface area contributed by atoms with Gasteiger partial charge in [0.15, 0.2) is 0 Å². The van der Waals surface area contributed by atoms with Crippen molar-refractivity contribution in [2.75, 3.05) is 14.2 Å². The Bertz CT molecular complexity index is 470. The number of methoxy groups -OCH3 is 1. The smallest absolute Gasteiger partial charge is 0.122 e. The van der Waals surface area contributed by atoms with Gasteiger partial charge in [0, 0.05) is 10.5 Å². The van der Waals surface area contributed by atoms with Crippen molar-refractivity contribution in [3.8, 4) is 5.75 Å². The van der Waals surface area contributed by atoms with E-state index in [9.17, 15) is 0 Å². The molecule has 0 radical (unpaired) electrons. The molecule has 0 aromatic heterocycles. The molecule has 110 valence electrons. The van der Waals surface area contributed by atoms with Crippen molar-refractivity contribution in [3.63, 3.8) is 0 Å². The number of ether oxygens (including phenoxy) is 1. The summed E-state index contributed by atoms with van der Waals surface area (Å²) in [7, 11) is 3.79. The minimum Gasteiger partial charge on any atom is -0.496 e. The molecule has 1 aliphatic carbocycles. The van der Waals surface area contributed by atoms with Crippen molar-refractivity contribution in [1.82, 2.24) is 5.32 Å². The summed E-state index contributed by atoms with van der Waals surface area (Å²) in [5, 5.41) is 3.46. The number of rotatable bonds is 6. The van der Waals surface area contributed by atoms with Gasteiger partial charge < -0.3 is 10.1 Å². The molecule has 0 bridgehead atoms. The minimum atomic E-state index is 0.475. The lowest BCUT2D eigenvalue weighted by Crippen LogP contribution is -2.28. The van der Waals surface area contributed by atoms with Gasteiger partial charge in [-0.05, 0) is 69.3 Å². The summed E-state index contributed by atoms with van der Waals surface area (Å²) in [6.07, 6.45) is 9.81. The summed E-state index contributed by atoms with van der Waals surface area (Å²) < 4.78 is 6.58. The zero-order valence-electron chi connectivity index (χ0n) is 12.4. The minimum absolute atomic E-state index is 0.475. The second-order valence-electron chi connectivity index (χ2n) is 5.46. The lowest BCUT2D eigenvalue weighted by atomic mass is 9.92. The molecule has 1 aromatic rings. The second kappa shape index (κ2) is 7.84. The molecule has 1 unspecified atom stereocenters. The first-order valence-electron chi connectivity index (χ1n) is 7.40. The number of hydrogen-bond donors (Lipinski definition) is 1. The zero-order chi connectivity index (χ0) is 14.4. The molecule has 0 fully saturated rings. The van der Waals surface area contributed by atoms with Gasteiger partial charge in [-0.15, -0.1) is 0 Å². The predicted octanol–water partition coefficient (Wildman–Crippen LogP) is 4.48. The second-order valence-corrected chi connectivity index (χ2v) is 6.37. The summed E-state index contributed by atoms with van der Waals surface area (Å²) in [5.41, 5.74) is 2.88. The van der Waals surface area contributed by atoms with Gasteiger partial charge in [-0.1, -0.05) is 27.6 Å². The standard InChI is InChI=1S/C17H24BrNO/c1-19-16(10-13-6-4-3-5-7-13)12-14-11-15(18)8-9-17(14)20-2/h6,8-9,11,16,19H,3-5,7,10,12H2,1-2H3. The Balaban J connectivity index is 2.05. The summed E-state index contributed by atoms with van der Waals surface area (Å²) in [6, 6.07) is 6.70. The lowest BCUT2D eigenvalue weighted by Gasteiger charge is -2.21. The van der Waals surface area contributed by atoms with Crippen molar-refractivity contribution in [3.05, 3.63) is 39.9 Å². The van der Waals surface area contributed by atoms with Crippen LogP contribution < -0.4 is 10.1 Å². The molecule has 0 saturated carbocycles. The summed E-state index contributed by atoms with van der Waals surface area (Å²) in [6.45, 7) is 0. The van der Waals surface area contributed by atoms with Crippen LogP contribution in [0.25, 0.3) is 0 Å². The number of likely N-dealkylation sites (N-methyl/N-ethyl adjacent to an activating group) is 1. The fourth-order valence-corrected chi connectivity index (χ4v) is 3.26. The lowest BCUT2D eigenvalue weighted by molar-refractivity contribution is 0.405. The van der Waals surface area contributed by atoms with Gasteiger partial charge in [-0.25, -0.2) is 0 Å². The summed E-state index contributed by atoms with van der Waals surface area (Å²) >= 11 is 3.55. The summed E-state index contributed by atoms with van der Waals surface area (Å²) in [5.74, 6) is 0.978. The maximum absolute atomic E-state index is 5.47. The van der Waals surface area contributed by atoms with E-state index in [1.54, 1.807) is 12.7 Å². The normalized spacial score (nSPS) is 16.6. The molecule has 20 heavy (non-hydrogen) atoms. The zero-order valence-corrected chi connectivity index (χ0v) is 14.0. The quantitative estimate of drug-likeness (QED) is 0.772. The van der Waals surface area contributed by atoms with Gasteiger partial charge in [0.25, 0.3) is 0 Å². The molecule has 1 aromatic carbocycles. The molecule has 0 amide bonds. The molecule has 0 heterocycles. The molecule has 0 spiro atoms. The van der Waals surface area contributed by atoms with E-state index >= 15 is 0 Å². The van der Waals surface area contributed by atoms with E-state index in [1.165, 1.54) is 31.2 Å². The molecular formula is C17H24BrNO. The monoisotopic (exact) mass is 337 g/mol. The molecule has 1 aliphatic rings. The largest absolute Gasteiger partial charge is 0.496 e. The molecule has 2 nitrogen and oxygen atoms in total. The van der Waals surface area contributed by atoms with Crippen LogP contribution in [-0.4, -0.2) is 20.2 Å². The number of benzene rings is 1. The Kier molecular flexibility index (Phi) is 6.11. The first-order valence-corrected chi connectivity index (χ1v) is 8.20. The van der Waals surface area contributed by atoms with Gasteiger partial charge in [0.05, 0.1) is 7.11 Å². The van der Waals surface area contributed by atoms with Crippen LogP contribution in [0.15, 0.2) is 34.3 Å². The van der Waals surface area contributed by atoms with Gasteiger partial charge >= 0.3 is 0 Å². The highest BCUT2D eigenvalue weighted by atomic mass is 79.9. The van der Waals surface area contributed by atoms with Crippen LogP contribution in [0, 0.1) is 0 Å². The molecule has 0 saturated heterocycles. The van der Waals surface area contributed by atoms with Crippen LogP contribution in [-0.2, 0) is 6.42 Å². The van der Waals surface area contributed by atoms with Crippen LogP contribution in [0.3, 0.4) is 0 Å². The van der Waals surface area contributed by atoms with Crippen LogP contribution in [0.5, 0.6) is 5.75 Å². The Hall–Kier alpha value is -0.800.